The molecule has 0 radical (unpaired) electrons. The van der Waals surface area contributed by atoms with Crippen LogP contribution in [0.1, 0.15) is 38.1 Å². The molecule has 21 heavy (non-hydrogen) atoms. The van der Waals surface area contributed by atoms with Crippen molar-refractivity contribution in [3.63, 3.8) is 0 Å². The first kappa shape index (κ1) is 16.8. The molecule has 0 aromatic heterocycles. The summed E-state index contributed by atoms with van der Waals surface area (Å²) in [6.45, 7) is 8.10. The van der Waals surface area contributed by atoms with E-state index in [0.717, 1.165) is 0 Å². The van der Waals surface area contributed by atoms with Gasteiger partial charge in [0.25, 0.3) is 0 Å². The lowest BCUT2D eigenvalue weighted by Crippen LogP contribution is -2.47. The predicted molar refractivity (Wildman–Crippen MR) is 83.6 cm³/mol. The molecule has 1 rings (SSSR count). The van der Waals surface area contributed by atoms with Crippen LogP contribution in [0.4, 0.5) is 11.4 Å². The Labute approximate surface area is 124 Å². The van der Waals surface area contributed by atoms with Crippen LogP contribution < -0.4 is 16.0 Å². The van der Waals surface area contributed by atoms with Crippen LogP contribution in [-0.2, 0) is 4.79 Å². The maximum atomic E-state index is 12.1. The van der Waals surface area contributed by atoms with Crippen LogP contribution in [0.5, 0.6) is 0 Å². The molecule has 6 heteroatoms. The monoisotopic (exact) mass is 293 g/mol. The predicted octanol–water partition coefficient (Wildman–Crippen LogP) is 1.71. The summed E-state index contributed by atoms with van der Waals surface area (Å²) in [6, 6.07) is 4.21. The molecule has 1 aromatic carbocycles. The third-order valence-corrected chi connectivity index (χ3v) is 3.20. The summed E-state index contributed by atoms with van der Waals surface area (Å²) in [5.41, 5.74) is 7.08. The fourth-order valence-electron chi connectivity index (χ4n) is 2.15. The van der Waals surface area contributed by atoms with Gasteiger partial charge in [0, 0.05) is 12.6 Å². The molecule has 0 spiro atoms. The van der Waals surface area contributed by atoms with Crippen molar-refractivity contribution in [3.8, 4) is 0 Å². The molecule has 0 heterocycles. The Morgan fingerprint density at radius 1 is 1.33 bits per heavy atom. The SMILES string of the molecule is CCN(c1ccc(C(=O)O)cc1N)C(C)C(=O)NC(C)C. The molecular formula is C15H23N3O3. The number of hydrogen-bond donors (Lipinski definition) is 3. The third-order valence-electron chi connectivity index (χ3n) is 3.20. The zero-order chi connectivity index (χ0) is 16.2. The Hall–Kier alpha value is -2.24. The van der Waals surface area contributed by atoms with E-state index in [0.29, 0.717) is 17.9 Å². The number of nitrogens with zero attached hydrogens (tertiary/aromatic N) is 1. The second-order valence-electron chi connectivity index (χ2n) is 5.20. The van der Waals surface area contributed by atoms with Crippen molar-refractivity contribution in [1.82, 2.24) is 5.32 Å². The number of rotatable bonds is 6. The molecule has 0 fully saturated rings. The quantitative estimate of drug-likeness (QED) is 0.694. The number of nitrogen functional groups attached to an aromatic ring is 1. The van der Waals surface area contributed by atoms with Gasteiger partial charge in [-0.15, -0.1) is 0 Å². The Morgan fingerprint density at radius 2 is 1.95 bits per heavy atom. The average Bonchev–Trinajstić information content (AvgIpc) is 2.40. The van der Waals surface area contributed by atoms with E-state index in [2.05, 4.69) is 5.32 Å². The number of anilines is 2. The van der Waals surface area contributed by atoms with E-state index < -0.39 is 12.0 Å². The second-order valence-corrected chi connectivity index (χ2v) is 5.20. The van der Waals surface area contributed by atoms with Crippen LogP contribution in [0.25, 0.3) is 0 Å². The fourth-order valence-corrected chi connectivity index (χ4v) is 2.15. The third kappa shape index (κ3) is 4.11. The van der Waals surface area contributed by atoms with E-state index in [1.165, 1.54) is 12.1 Å². The lowest BCUT2D eigenvalue weighted by Gasteiger charge is -2.31. The minimum Gasteiger partial charge on any atom is -0.478 e. The molecule has 1 atom stereocenters. The lowest BCUT2D eigenvalue weighted by molar-refractivity contribution is -0.122. The second kappa shape index (κ2) is 6.97. The Bertz CT molecular complexity index is 529. The van der Waals surface area contributed by atoms with E-state index in [1.807, 2.05) is 25.7 Å². The number of aromatic carboxylic acids is 1. The van der Waals surface area contributed by atoms with E-state index in [-0.39, 0.29) is 17.5 Å². The smallest absolute Gasteiger partial charge is 0.335 e. The molecule has 0 aliphatic rings. The summed E-state index contributed by atoms with van der Waals surface area (Å²) < 4.78 is 0. The Balaban J connectivity index is 3.04. The van der Waals surface area contributed by atoms with Gasteiger partial charge in [0.1, 0.15) is 6.04 Å². The van der Waals surface area contributed by atoms with E-state index in [4.69, 9.17) is 10.8 Å². The van der Waals surface area contributed by atoms with Crippen LogP contribution >= 0.6 is 0 Å². The van der Waals surface area contributed by atoms with Crippen molar-refractivity contribution < 1.29 is 14.7 Å². The standard InChI is InChI=1S/C15H23N3O3/c1-5-18(10(4)14(19)17-9(2)3)13-7-6-11(15(20)21)8-12(13)16/h6-10H,5,16H2,1-4H3,(H,17,19)(H,20,21). The molecule has 116 valence electrons. The molecule has 0 aliphatic carbocycles. The number of benzene rings is 1. The normalized spacial score (nSPS) is 12.0. The highest BCUT2D eigenvalue weighted by Crippen LogP contribution is 2.26. The van der Waals surface area contributed by atoms with Crippen LogP contribution in [0, 0.1) is 0 Å². The van der Waals surface area contributed by atoms with Gasteiger partial charge in [0.15, 0.2) is 0 Å². The number of nitrogens with one attached hydrogen (secondary N) is 1. The summed E-state index contributed by atoms with van der Waals surface area (Å²) in [6.07, 6.45) is 0. The summed E-state index contributed by atoms with van der Waals surface area (Å²) in [5, 5.41) is 11.8. The van der Waals surface area contributed by atoms with Crippen molar-refractivity contribution in [3.05, 3.63) is 23.8 Å². The molecular weight excluding hydrogens is 270 g/mol. The van der Waals surface area contributed by atoms with Crippen molar-refractivity contribution >= 4 is 23.3 Å². The maximum Gasteiger partial charge on any atom is 0.335 e. The van der Waals surface area contributed by atoms with Crippen LogP contribution in [0.2, 0.25) is 0 Å². The van der Waals surface area contributed by atoms with Gasteiger partial charge < -0.3 is 21.1 Å². The van der Waals surface area contributed by atoms with Crippen molar-refractivity contribution in [2.24, 2.45) is 0 Å². The number of amides is 1. The highest BCUT2D eigenvalue weighted by Gasteiger charge is 2.22. The maximum absolute atomic E-state index is 12.1. The highest BCUT2D eigenvalue weighted by atomic mass is 16.4. The molecule has 1 aromatic rings. The fraction of sp³-hybridized carbons (Fsp3) is 0.467. The summed E-state index contributed by atoms with van der Waals surface area (Å²) in [7, 11) is 0. The number of carboxylic acids is 1. The first-order chi connectivity index (χ1) is 9.77. The summed E-state index contributed by atoms with van der Waals surface area (Å²) in [5.74, 6) is -1.12. The van der Waals surface area contributed by atoms with E-state index >= 15 is 0 Å². The Morgan fingerprint density at radius 3 is 2.38 bits per heavy atom. The summed E-state index contributed by atoms with van der Waals surface area (Å²) >= 11 is 0. The Kier molecular flexibility index (Phi) is 5.58. The van der Waals surface area contributed by atoms with E-state index in [9.17, 15) is 9.59 Å². The number of carbonyl (C=O) groups is 2. The number of hydrogen-bond acceptors (Lipinski definition) is 4. The molecule has 6 nitrogen and oxygen atoms in total. The topological polar surface area (TPSA) is 95.7 Å². The molecule has 0 bridgehead atoms. The van der Waals surface area contributed by atoms with Crippen molar-refractivity contribution in [2.75, 3.05) is 17.2 Å². The largest absolute Gasteiger partial charge is 0.478 e. The van der Waals surface area contributed by atoms with Gasteiger partial charge >= 0.3 is 5.97 Å². The van der Waals surface area contributed by atoms with Crippen molar-refractivity contribution in [1.29, 1.82) is 0 Å². The number of carbonyl (C=O) groups excluding carboxylic acids is 1. The van der Waals surface area contributed by atoms with Gasteiger partial charge in [0.05, 0.1) is 16.9 Å². The first-order valence-electron chi connectivity index (χ1n) is 6.97. The van der Waals surface area contributed by atoms with Gasteiger partial charge in [-0.3, -0.25) is 4.79 Å². The molecule has 1 unspecified atom stereocenters. The zero-order valence-corrected chi connectivity index (χ0v) is 12.9. The molecule has 0 aliphatic heterocycles. The van der Waals surface area contributed by atoms with Gasteiger partial charge in [-0.2, -0.15) is 0 Å². The number of carboxylic acid groups (broad SMARTS) is 1. The van der Waals surface area contributed by atoms with Crippen molar-refractivity contribution in [2.45, 2.75) is 39.8 Å². The van der Waals surface area contributed by atoms with Gasteiger partial charge in [-0.25, -0.2) is 4.79 Å². The van der Waals surface area contributed by atoms with Gasteiger partial charge in [-0.1, -0.05) is 0 Å². The summed E-state index contributed by atoms with van der Waals surface area (Å²) in [4.78, 5) is 24.9. The van der Waals surface area contributed by atoms with Crippen LogP contribution in [-0.4, -0.2) is 35.6 Å². The molecule has 4 N–H and O–H groups in total. The molecule has 0 saturated heterocycles. The van der Waals surface area contributed by atoms with Gasteiger partial charge in [0.2, 0.25) is 5.91 Å². The first-order valence-corrected chi connectivity index (χ1v) is 6.97. The number of likely N-dealkylation sites (N-methyl/N-ethyl adjacent to an activating group) is 1. The molecule has 0 saturated carbocycles. The van der Waals surface area contributed by atoms with E-state index in [1.54, 1.807) is 13.0 Å². The number of nitrogens with two attached hydrogens (primary N) is 1. The molecule has 1 amide bonds. The minimum absolute atomic E-state index is 0.0605. The minimum atomic E-state index is -1.03. The van der Waals surface area contributed by atoms with Gasteiger partial charge in [-0.05, 0) is 45.9 Å². The average molecular weight is 293 g/mol. The highest BCUT2D eigenvalue weighted by molar-refractivity contribution is 5.91. The van der Waals surface area contributed by atoms with Crippen LogP contribution in [0.3, 0.4) is 0 Å². The lowest BCUT2D eigenvalue weighted by atomic mass is 10.1. The van der Waals surface area contributed by atoms with Crippen LogP contribution in [0.15, 0.2) is 18.2 Å². The zero-order valence-electron chi connectivity index (χ0n) is 12.9.